The van der Waals surface area contributed by atoms with E-state index in [1.807, 2.05) is 12.1 Å². The summed E-state index contributed by atoms with van der Waals surface area (Å²) in [5.41, 5.74) is 7.32. The molecule has 0 aliphatic carbocycles. The molecule has 0 saturated carbocycles. The highest BCUT2D eigenvalue weighted by molar-refractivity contribution is 5.80. The number of nitrogens with two attached hydrogens (primary N) is 1. The topological polar surface area (TPSA) is 41.8 Å². The second-order valence-electron chi connectivity index (χ2n) is 3.39. The summed E-state index contributed by atoms with van der Waals surface area (Å²) in [6.07, 6.45) is 1.80. The van der Waals surface area contributed by atoms with Crippen LogP contribution in [0.3, 0.4) is 0 Å². The molecular formula is C11H13FN2. The molecule has 0 atom stereocenters. The Balaban J connectivity index is 2.36. The van der Waals surface area contributed by atoms with Gasteiger partial charge in [-0.3, -0.25) is 0 Å². The van der Waals surface area contributed by atoms with E-state index in [2.05, 4.69) is 4.98 Å². The zero-order valence-electron chi connectivity index (χ0n) is 7.89. The van der Waals surface area contributed by atoms with Gasteiger partial charge in [0, 0.05) is 16.6 Å². The molecule has 0 amide bonds. The van der Waals surface area contributed by atoms with Crippen LogP contribution in [-0.2, 0) is 6.42 Å². The van der Waals surface area contributed by atoms with Crippen LogP contribution in [0.1, 0.15) is 12.1 Å². The van der Waals surface area contributed by atoms with Gasteiger partial charge in [-0.25, -0.2) is 4.39 Å². The van der Waals surface area contributed by atoms with Crippen LogP contribution >= 0.6 is 0 Å². The number of H-pyrrole nitrogens is 1. The summed E-state index contributed by atoms with van der Waals surface area (Å²) in [4.78, 5) is 3.18. The van der Waals surface area contributed by atoms with Gasteiger partial charge in [-0.1, -0.05) is 6.07 Å². The number of nitrogens with one attached hydrogen (secondary N) is 1. The van der Waals surface area contributed by atoms with E-state index >= 15 is 0 Å². The van der Waals surface area contributed by atoms with Crippen molar-refractivity contribution in [2.24, 2.45) is 5.73 Å². The quantitative estimate of drug-likeness (QED) is 0.769. The van der Waals surface area contributed by atoms with Crippen molar-refractivity contribution >= 4 is 10.9 Å². The van der Waals surface area contributed by atoms with Crippen molar-refractivity contribution in [1.82, 2.24) is 4.98 Å². The van der Waals surface area contributed by atoms with Crippen LogP contribution in [0.25, 0.3) is 10.9 Å². The normalized spacial score (nSPS) is 11.0. The lowest BCUT2D eigenvalue weighted by atomic mass is 10.2. The van der Waals surface area contributed by atoms with Crippen LogP contribution < -0.4 is 5.73 Å². The number of rotatable bonds is 3. The number of benzene rings is 1. The van der Waals surface area contributed by atoms with Crippen LogP contribution in [0.2, 0.25) is 0 Å². The zero-order valence-corrected chi connectivity index (χ0v) is 7.89. The molecule has 0 bridgehead atoms. The highest BCUT2D eigenvalue weighted by Crippen LogP contribution is 2.19. The maximum absolute atomic E-state index is 13.3. The van der Waals surface area contributed by atoms with E-state index in [-0.39, 0.29) is 5.82 Å². The Bertz CT molecular complexity index is 434. The van der Waals surface area contributed by atoms with Gasteiger partial charge in [-0.05, 0) is 37.6 Å². The molecular weight excluding hydrogens is 179 g/mol. The molecule has 1 aromatic heterocycles. The van der Waals surface area contributed by atoms with Crippen molar-refractivity contribution in [2.45, 2.75) is 12.8 Å². The van der Waals surface area contributed by atoms with Gasteiger partial charge in [0.1, 0.15) is 5.82 Å². The van der Waals surface area contributed by atoms with E-state index in [1.54, 1.807) is 6.07 Å². The number of fused-ring (bicyclic) bond motifs is 1. The molecule has 1 heterocycles. The van der Waals surface area contributed by atoms with Gasteiger partial charge in [0.15, 0.2) is 0 Å². The second kappa shape index (κ2) is 3.80. The molecule has 0 aliphatic heterocycles. The van der Waals surface area contributed by atoms with E-state index in [9.17, 15) is 4.39 Å². The van der Waals surface area contributed by atoms with Crippen molar-refractivity contribution in [3.63, 3.8) is 0 Å². The maximum atomic E-state index is 13.3. The van der Waals surface area contributed by atoms with Gasteiger partial charge in [0.25, 0.3) is 0 Å². The fourth-order valence-corrected chi connectivity index (χ4v) is 1.60. The minimum Gasteiger partial charge on any atom is -0.358 e. The number of aromatic nitrogens is 1. The van der Waals surface area contributed by atoms with Crippen LogP contribution in [0.5, 0.6) is 0 Å². The van der Waals surface area contributed by atoms with E-state index in [4.69, 9.17) is 5.73 Å². The molecule has 2 aromatic rings. The SMILES string of the molecule is NCCCc1cc2c(F)cccc2[nH]1. The lowest BCUT2D eigenvalue weighted by Crippen LogP contribution is -2.00. The summed E-state index contributed by atoms with van der Waals surface area (Å²) in [5, 5.41) is 0.666. The van der Waals surface area contributed by atoms with Crippen molar-refractivity contribution in [3.05, 3.63) is 35.8 Å². The van der Waals surface area contributed by atoms with E-state index < -0.39 is 0 Å². The fourth-order valence-electron chi connectivity index (χ4n) is 1.60. The molecule has 0 fully saturated rings. The first-order chi connectivity index (χ1) is 6.81. The van der Waals surface area contributed by atoms with Gasteiger partial charge < -0.3 is 10.7 Å². The van der Waals surface area contributed by atoms with Crippen LogP contribution in [0.4, 0.5) is 4.39 Å². The smallest absolute Gasteiger partial charge is 0.132 e. The Kier molecular flexibility index (Phi) is 2.50. The summed E-state index contributed by atoms with van der Waals surface area (Å²) in [6, 6.07) is 6.93. The monoisotopic (exact) mass is 192 g/mol. The first-order valence-electron chi connectivity index (χ1n) is 4.77. The molecule has 0 saturated heterocycles. The van der Waals surface area contributed by atoms with Crippen LogP contribution in [0.15, 0.2) is 24.3 Å². The third kappa shape index (κ3) is 1.63. The lowest BCUT2D eigenvalue weighted by Gasteiger charge is -1.92. The predicted molar refractivity (Wildman–Crippen MR) is 55.6 cm³/mol. The third-order valence-corrected chi connectivity index (χ3v) is 2.32. The van der Waals surface area contributed by atoms with Crippen LogP contribution in [0, 0.1) is 5.82 Å². The van der Waals surface area contributed by atoms with Gasteiger partial charge in [-0.2, -0.15) is 0 Å². The number of halogens is 1. The number of hydrogen-bond donors (Lipinski definition) is 2. The Morgan fingerprint density at radius 1 is 1.36 bits per heavy atom. The first-order valence-corrected chi connectivity index (χ1v) is 4.77. The molecule has 2 nitrogen and oxygen atoms in total. The van der Waals surface area contributed by atoms with E-state index in [1.165, 1.54) is 6.07 Å². The minimum atomic E-state index is -0.169. The Labute approximate surface area is 81.9 Å². The Hall–Kier alpha value is -1.35. The van der Waals surface area contributed by atoms with Crippen molar-refractivity contribution < 1.29 is 4.39 Å². The summed E-state index contributed by atoms with van der Waals surface area (Å²) >= 11 is 0. The van der Waals surface area contributed by atoms with E-state index in [0.717, 1.165) is 24.1 Å². The third-order valence-electron chi connectivity index (χ3n) is 2.32. The second-order valence-corrected chi connectivity index (χ2v) is 3.39. The summed E-state index contributed by atoms with van der Waals surface area (Å²) < 4.78 is 13.3. The summed E-state index contributed by atoms with van der Waals surface area (Å²) in [7, 11) is 0. The number of aromatic amines is 1. The van der Waals surface area contributed by atoms with Gasteiger partial charge in [-0.15, -0.1) is 0 Å². The molecule has 74 valence electrons. The Morgan fingerprint density at radius 3 is 2.93 bits per heavy atom. The average Bonchev–Trinajstić information content (AvgIpc) is 2.59. The van der Waals surface area contributed by atoms with Crippen molar-refractivity contribution in [2.75, 3.05) is 6.54 Å². The molecule has 2 rings (SSSR count). The molecule has 0 unspecified atom stereocenters. The van der Waals surface area contributed by atoms with Gasteiger partial charge in [0.2, 0.25) is 0 Å². The lowest BCUT2D eigenvalue weighted by molar-refractivity contribution is 0.640. The first kappa shape index (κ1) is 9.21. The number of aryl methyl sites for hydroxylation is 1. The predicted octanol–water partition coefficient (Wildman–Crippen LogP) is 2.20. The molecule has 0 spiro atoms. The van der Waals surface area contributed by atoms with Crippen molar-refractivity contribution in [3.8, 4) is 0 Å². The van der Waals surface area contributed by atoms with Gasteiger partial charge in [0.05, 0.1) is 0 Å². The Morgan fingerprint density at radius 2 is 2.21 bits per heavy atom. The summed E-state index contributed by atoms with van der Waals surface area (Å²) in [6.45, 7) is 0.665. The molecule has 14 heavy (non-hydrogen) atoms. The number of hydrogen-bond acceptors (Lipinski definition) is 1. The minimum absolute atomic E-state index is 0.169. The maximum Gasteiger partial charge on any atom is 0.132 e. The standard InChI is InChI=1S/C11H13FN2/c12-10-4-1-5-11-9(10)7-8(14-11)3-2-6-13/h1,4-5,7,14H,2-3,6,13H2. The average molecular weight is 192 g/mol. The van der Waals surface area contributed by atoms with Crippen molar-refractivity contribution in [1.29, 1.82) is 0 Å². The molecule has 3 N–H and O–H groups in total. The highest BCUT2D eigenvalue weighted by Gasteiger charge is 2.03. The fraction of sp³-hybridized carbons (Fsp3) is 0.273. The zero-order chi connectivity index (χ0) is 9.97. The molecule has 1 aromatic carbocycles. The van der Waals surface area contributed by atoms with Crippen LogP contribution in [-0.4, -0.2) is 11.5 Å². The van der Waals surface area contributed by atoms with Gasteiger partial charge >= 0.3 is 0 Å². The van der Waals surface area contributed by atoms with E-state index in [0.29, 0.717) is 11.9 Å². The molecule has 0 radical (unpaired) electrons. The molecule has 3 heteroatoms. The highest BCUT2D eigenvalue weighted by atomic mass is 19.1. The summed E-state index contributed by atoms with van der Waals surface area (Å²) in [5.74, 6) is -0.169. The largest absolute Gasteiger partial charge is 0.358 e. The molecule has 0 aliphatic rings.